The molecule has 1 fully saturated rings. The molecule has 0 saturated heterocycles. The van der Waals surface area contributed by atoms with E-state index in [2.05, 4.69) is 22.2 Å². The standard InChI is InChI=1S/C13H17ClF3N3/c1-2-8-4-3-5-9(6-8)18-11-7-10(13(15,16)17)19-12(14)20-11/h7-9H,2-6H2,1H3,(H,18,19,20). The highest BCUT2D eigenvalue weighted by atomic mass is 35.5. The van der Waals surface area contributed by atoms with Crippen molar-refractivity contribution in [2.24, 2.45) is 5.92 Å². The first kappa shape index (κ1) is 15.4. The highest BCUT2D eigenvalue weighted by molar-refractivity contribution is 6.28. The van der Waals surface area contributed by atoms with Gasteiger partial charge in [0.15, 0.2) is 5.69 Å². The lowest BCUT2D eigenvalue weighted by molar-refractivity contribution is -0.141. The zero-order chi connectivity index (χ0) is 14.8. The van der Waals surface area contributed by atoms with Gasteiger partial charge in [-0.1, -0.05) is 26.2 Å². The second kappa shape index (κ2) is 6.16. The number of aromatic nitrogens is 2. The summed E-state index contributed by atoms with van der Waals surface area (Å²) in [6.07, 6.45) is 0.755. The fraction of sp³-hybridized carbons (Fsp3) is 0.692. The van der Waals surface area contributed by atoms with E-state index in [1.54, 1.807) is 0 Å². The number of alkyl halides is 3. The van der Waals surface area contributed by atoms with Gasteiger partial charge in [-0.2, -0.15) is 13.2 Å². The van der Waals surface area contributed by atoms with Crippen LogP contribution in [0.25, 0.3) is 0 Å². The van der Waals surface area contributed by atoms with Crippen LogP contribution in [0.5, 0.6) is 0 Å². The van der Waals surface area contributed by atoms with Gasteiger partial charge >= 0.3 is 6.18 Å². The SMILES string of the molecule is CCC1CCCC(Nc2cc(C(F)(F)F)nc(Cl)n2)C1. The number of halogens is 4. The molecule has 1 aromatic heterocycles. The molecule has 112 valence electrons. The Morgan fingerprint density at radius 1 is 1.35 bits per heavy atom. The van der Waals surface area contributed by atoms with Crippen LogP contribution >= 0.6 is 11.6 Å². The minimum Gasteiger partial charge on any atom is -0.367 e. The van der Waals surface area contributed by atoms with Gasteiger partial charge in [-0.25, -0.2) is 9.97 Å². The Bertz CT molecular complexity index is 465. The maximum atomic E-state index is 12.7. The lowest BCUT2D eigenvalue weighted by atomic mass is 9.84. The molecule has 1 aromatic rings. The minimum atomic E-state index is -4.51. The predicted octanol–water partition coefficient (Wildman–Crippen LogP) is 4.53. The fourth-order valence-corrected chi connectivity index (χ4v) is 2.82. The van der Waals surface area contributed by atoms with Crippen molar-refractivity contribution in [1.82, 2.24) is 9.97 Å². The van der Waals surface area contributed by atoms with Gasteiger partial charge in [-0.05, 0) is 30.4 Å². The Labute approximate surface area is 120 Å². The summed E-state index contributed by atoms with van der Waals surface area (Å²) in [7, 11) is 0. The number of hydrogen-bond donors (Lipinski definition) is 1. The topological polar surface area (TPSA) is 37.8 Å². The summed E-state index contributed by atoms with van der Waals surface area (Å²) in [5, 5.41) is 2.68. The maximum absolute atomic E-state index is 12.7. The first-order valence-corrected chi connectivity index (χ1v) is 7.14. The monoisotopic (exact) mass is 307 g/mol. The average molecular weight is 308 g/mol. The van der Waals surface area contributed by atoms with E-state index in [0.717, 1.165) is 31.7 Å². The largest absolute Gasteiger partial charge is 0.433 e. The van der Waals surface area contributed by atoms with Crippen molar-refractivity contribution in [3.8, 4) is 0 Å². The molecule has 2 rings (SSSR count). The first-order chi connectivity index (χ1) is 9.38. The van der Waals surface area contributed by atoms with Gasteiger partial charge in [0.1, 0.15) is 5.82 Å². The number of nitrogens with zero attached hydrogens (tertiary/aromatic N) is 2. The second-order valence-corrected chi connectivity index (χ2v) is 5.53. The smallest absolute Gasteiger partial charge is 0.367 e. The Balaban J connectivity index is 2.11. The molecule has 3 nitrogen and oxygen atoms in total. The molecule has 1 N–H and O–H groups in total. The Morgan fingerprint density at radius 3 is 2.75 bits per heavy atom. The molecule has 20 heavy (non-hydrogen) atoms. The summed E-state index contributed by atoms with van der Waals surface area (Å²) >= 11 is 5.57. The first-order valence-electron chi connectivity index (χ1n) is 6.76. The van der Waals surface area contributed by atoms with Crippen LogP contribution in [-0.2, 0) is 6.18 Å². The van der Waals surface area contributed by atoms with E-state index in [9.17, 15) is 13.2 Å². The van der Waals surface area contributed by atoms with Crippen molar-refractivity contribution in [3.63, 3.8) is 0 Å². The molecule has 0 aromatic carbocycles. The molecule has 0 amide bonds. The van der Waals surface area contributed by atoms with Crippen molar-refractivity contribution < 1.29 is 13.2 Å². The number of nitrogens with one attached hydrogen (secondary N) is 1. The van der Waals surface area contributed by atoms with Gasteiger partial charge in [-0.3, -0.25) is 0 Å². The van der Waals surface area contributed by atoms with Crippen molar-refractivity contribution >= 4 is 17.4 Å². The minimum absolute atomic E-state index is 0.152. The van der Waals surface area contributed by atoms with Crippen LogP contribution in [0.15, 0.2) is 6.07 Å². The summed E-state index contributed by atoms with van der Waals surface area (Å²) in [5.74, 6) is 0.778. The second-order valence-electron chi connectivity index (χ2n) is 5.19. The van der Waals surface area contributed by atoms with Crippen LogP contribution in [0.4, 0.5) is 19.0 Å². The third kappa shape index (κ3) is 3.98. The molecule has 0 radical (unpaired) electrons. The summed E-state index contributed by atoms with van der Waals surface area (Å²) < 4.78 is 38.0. The molecule has 2 unspecified atom stereocenters. The number of anilines is 1. The average Bonchev–Trinajstić information content (AvgIpc) is 2.37. The summed E-state index contributed by atoms with van der Waals surface area (Å²) in [6, 6.07) is 1.07. The van der Waals surface area contributed by atoms with Crippen LogP contribution in [0.3, 0.4) is 0 Å². The molecule has 2 atom stereocenters. The van der Waals surface area contributed by atoms with Crippen LogP contribution in [0.2, 0.25) is 5.28 Å². The third-order valence-corrected chi connectivity index (χ3v) is 3.87. The molecule has 0 aliphatic heterocycles. The molecule has 1 aliphatic carbocycles. The van der Waals surface area contributed by atoms with Gasteiger partial charge in [0, 0.05) is 12.1 Å². The quantitative estimate of drug-likeness (QED) is 0.834. The van der Waals surface area contributed by atoms with Gasteiger partial charge in [0.2, 0.25) is 5.28 Å². The van der Waals surface area contributed by atoms with Crippen LogP contribution in [0.1, 0.15) is 44.7 Å². The van der Waals surface area contributed by atoms with Crippen LogP contribution in [0, 0.1) is 5.92 Å². The Kier molecular flexibility index (Phi) is 4.73. The van der Waals surface area contributed by atoms with E-state index in [0.29, 0.717) is 5.92 Å². The maximum Gasteiger partial charge on any atom is 0.433 e. The molecular formula is C13H17ClF3N3. The summed E-state index contributed by atoms with van der Waals surface area (Å²) in [4.78, 5) is 7.05. The van der Waals surface area contributed by atoms with Crippen LogP contribution in [-0.4, -0.2) is 16.0 Å². The van der Waals surface area contributed by atoms with Crippen molar-refractivity contribution in [2.75, 3.05) is 5.32 Å². The van der Waals surface area contributed by atoms with Crippen molar-refractivity contribution in [3.05, 3.63) is 17.0 Å². The van der Waals surface area contributed by atoms with E-state index < -0.39 is 11.9 Å². The van der Waals surface area contributed by atoms with E-state index >= 15 is 0 Å². The zero-order valence-corrected chi connectivity index (χ0v) is 11.9. The highest BCUT2D eigenvalue weighted by Gasteiger charge is 2.34. The molecule has 1 aliphatic rings. The van der Waals surface area contributed by atoms with Gasteiger partial charge in [0.05, 0.1) is 0 Å². The number of hydrogen-bond acceptors (Lipinski definition) is 3. The number of rotatable bonds is 3. The van der Waals surface area contributed by atoms with Crippen molar-refractivity contribution in [2.45, 2.75) is 51.2 Å². The fourth-order valence-electron chi connectivity index (χ4n) is 2.64. The Morgan fingerprint density at radius 2 is 2.10 bits per heavy atom. The highest BCUT2D eigenvalue weighted by Crippen LogP contribution is 2.31. The molecule has 1 heterocycles. The molecule has 0 spiro atoms. The van der Waals surface area contributed by atoms with Gasteiger partial charge in [-0.15, -0.1) is 0 Å². The van der Waals surface area contributed by atoms with E-state index in [4.69, 9.17) is 11.6 Å². The summed E-state index contributed by atoms with van der Waals surface area (Å²) in [5.41, 5.74) is -1.01. The third-order valence-electron chi connectivity index (χ3n) is 3.70. The molecule has 7 heteroatoms. The normalized spacial score (nSPS) is 23.6. The van der Waals surface area contributed by atoms with Crippen LogP contribution < -0.4 is 5.32 Å². The van der Waals surface area contributed by atoms with Gasteiger partial charge in [0.25, 0.3) is 0 Å². The molecule has 1 saturated carbocycles. The molecule has 0 bridgehead atoms. The van der Waals surface area contributed by atoms with E-state index in [1.807, 2.05) is 0 Å². The van der Waals surface area contributed by atoms with Crippen molar-refractivity contribution in [1.29, 1.82) is 0 Å². The van der Waals surface area contributed by atoms with Gasteiger partial charge < -0.3 is 5.32 Å². The Hall–Kier alpha value is -1.04. The lowest BCUT2D eigenvalue weighted by Gasteiger charge is -2.29. The summed E-state index contributed by atoms with van der Waals surface area (Å²) in [6.45, 7) is 2.14. The molecular weight excluding hydrogens is 291 g/mol. The predicted molar refractivity (Wildman–Crippen MR) is 71.7 cm³/mol. The van der Waals surface area contributed by atoms with E-state index in [-0.39, 0.29) is 17.1 Å². The van der Waals surface area contributed by atoms with E-state index in [1.165, 1.54) is 6.42 Å². The zero-order valence-electron chi connectivity index (χ0n) is 11.2. The lowest BCUT2D eigenvalue weighted by Crippen LogP contribution is -2.27.